The summed E-state index contributed by atoms with van der Waals surface area (Å²) in [6.07, 6.45) is 0.509. The maximum absolute atomic E-state index is 13.6. The third-order valence-electron chi connectivity index (χ3n) is 6.75. The molecule has 5 rings (SSSR count). The van der Waals surface area contributed by atoms with Crippen LogP contribution >= 0.6 is 0 Å². The Morgan fingerprint density at radius 3 is 1.74 bits per heavy atom. The van der Waals surface area contributed by atoms with Gasteiger partial charge in [-0.25, -0.2) is 0 Å². The van der Waals surface area contributed by atoms with Gasteiger partial charge in [-0.3, -0.25) is 14.5 Å². The van der Waals surface area contributed by atoms with Crippen molar-refractivity contribution in [2.24, 2.45) is 0 Å². The van der Waals surface area contributed by atoms with Crippen molar-refractivity contribution in [1.82, 2.24) is 4.90 Å². The Morgan fingerprint density at radius 2 is 1.16 bits per heavy atom. The molecule has 31 heavy (non-hydrogen) atoms. The summed E-state index contributed by atoms with van der Waals surface area (Å²) in [5.74, 6) is -0.107. The highest BCUT2D eigenvalue weighted by atomic mass is 16.2. The summed E-state index contributed by atoms with van der Waals surface area (Å²) >= 11 is 0. The first-order valence-corrected chi connectivity index (χ1v) is 11.0. The third kappa shape index (κ3) is 3.37. The predicted octanol–water partition coefficient (Wildman–Crippen LogP) is 4.22. The van der Waals surface area contributed by atoms with Crippen LogP contribution in [0.4, 0.5) is 5.69 Å². The number of para-hydroxylation sites is 1. The fraction of sp³-hybridized carbons (Fsp3) is 0.259. The first-order chi connectivity index (χ1) is 15.2. The monoisotopic (exact) mass is 410 g/mol. The Morgan fingerprint density at radius 1 is 0.645 bits per heavy atom. The number of nitrogens with zero attached hydrogens (tertiary/aromatic N) is 2. The van der Waals surface area contributed by atoms with E-state index >= 15 is 0 Å². The summed E-state index contributed by atoms with van der Waals surface area (Å²) in [6, 6.07) is 27.3. The molecule has 0 bridgehead atoms. The molecule has 0 amide bonds. The number of carbonyl (C=O) groups excluding carboxylic acids is 2. The SMILES string of the molecule is O=C1c2ccccc2C(=O)C1(CCN1CCN(c2ccccc2)CC1)c1ccccc1. The number of carbonyl (C=O) groups is 2. The van der Waals surface area contributed by atoms with Gasteiger partial charge in [-0.1, -0.05) is 72.8 Å². The minimum atomic E-state index is -1.11. The minimum Gasteiger partial charge on any atom is -0.369 e. The van der Waals surface area contributed by atoms with Gasteiger partial charge in [0.15, 0.2) is 11.6 Å². The maximum Gasteiger partial charge on any atom is 0.181 e. The molecule has 1 heterocycles. The van der Waals surface area contributed by atoms with Crippen molar-refractivity contribution in [2.45, 2.75) is 11.8 Å². The molecule has 1 aliphatic carbocycles. The zero-order valence-electron chi connectivity index (χ0n) is 17.5. The van der Waals surface area contributed by atoms with Gasteiger partial charge in [0.25, 0.3) is 0 Å². The third-order valence-corrected chi connectivity index (χ3v) is 6.75. The highest BCUT2D eigenvalue weighted by molar-refractivity contribution is 6.33. The zero-order valence-corrected chi connectivity index (χ0v) is 17.5. The average molecular weight is 411 g/mol. The topological polar surface area (TPSA) is 40.6 Å². The van der Waals surface area contributed by atoms with E-state index in [9.17, 15) is 9.59 Å². The van der Waals surface area contributed by atoms with Crippen LogP contribution in [0.1, 0.15) is 32.7 Å². The molecule has 0 atom stereocenters. The Balaban J connectivity index is 1.36. The van der Waals surface area contributed by atoms with Gasteiger partial charge < -0.3 is 4.90 Å². The number of hydrogen-bond acceptors (Lipinski definition) is 4. The van der Waals surface area contributed by atoms with E-state index in [4.69, 9.17) is 0 Å². The van der Waals surface area contributed by atoms with Crippen LogP contribution in [0.2, 0.25) is 0 Å². The molecule has 156 valence electrons. The molecule has 3 aromatic rings. The fourth-order valence-corrected chi connectivity index (χ4v) is 4.99. The summed E-state index contributed by atoms with van der Waals surface area (Å²) < 4.78 is 0. The van der Waals surface area contributed by atoms with E-state index in [0.717, 1.165) is 38.3 Å². The lowest BCUT2D eigenvalue weighted by Crippen LogP contribution is -2.49. The van der Waals surface area contributed by atoms with Crippen LogP contribution in [0.25, 0.3) is 0 Å². The number of ketones is 2. The van der Waals surface area contributed by atoms with Crippen LogP contribution in [0.3, 0.4) is 0 Å². The van der Waals surface area contributed by atoms with Gasteiger partial charge in [0, 0.05) is 49.5 Å². The smallest absolute Gasteiger partial charge is 0.181 e. The molecular weight excluding hydrogens is 384 g/mol. The molecule has 4 heteroatoms. The van der Waals surface area contributed by atoms with Crippen molar-refractivity contribution in [2.75, 3.05) is 37.6 Å². The average Bonchev–Trinajstić information content (AvgIpc) is 3.07. The van der Waals surface area contributed by atoms with E-state index in [1.807, 2.05) is 48.5 Å². The minimum absolute atomic E-state index is 0.0535. The molecule has 0 spiro atoms. The first-order valence-electron chi connectivity index (χ1n) is 11.0. The summed E-state index contributed by atoms with van der Waals surface area (Å²) in [5.41, 5.74) is 2.07. The Bertz CT molecular complexity index is 1050. The van der Waals surface area contributed by atoms with E-state index in [1.54, 1.807) is 12.1 Å². The molecule has 0 N–H and O–H groups in total. The molecule has 4 nitrogen and oxygen atoms in total. The predicted molar refractivity (Wildman–Crippen MR) is 123 cm³/mol. The lowest BCUT2D eigenvalue weighted by Gasteiger charge is -2.37. The number of Topliss-reactive ketones (excluding diaryl/α,β-unsaturated/α-hetero) is 2. The van der Waals surface area contributed by atoms with Crippen molar-refractivity contribution in [3.8, 4) is 0 Å². The molecule has 0 aromatic heterocycles. The molecule has 0 radical (unpaired) electrons. The van der Waals surface area contributed by atoms with Crippen molar-refractivity contribution < 1.29 is 9.59 Å². The number of rotatable bonds is 5. The first kappa shape index (κ1) is 19.7. The quantitative estimate of drug-likeness (QED) is 0.591. The Labute approximate surface area is 183 Å². The second kappa shape index (κ2) is 8.12. The van der Waals surface area contributed by atoms with E-state index < -0.39 is 5.41 Å². The van der Waals surface area contributed by atoms with Crippen LogP contribution in [0.15, 0.2) is 84.9 Å². The lowest BCUT2D eigenvalue weighted by atomic mass is 9.73. The van der Waals surface area contributed by atoms with Crippen molar-refractivity contribution in [1.29, 1.82) is 0 Å². The summed E-state index contributed by atoms with van der Waals surface area (Å²) in [6.45, 7) is 4.47. The van der Waals surface area contributed by atoms with Gasteiger partial charge in [-0.2, -0.15) is 0 Å². The van der Waals surface area contributed by atoms with Crippen LogP contribution in [-0.4, -0.2) is 49.2 Å². The molecule has 2 aliphatic rings. The fourth-order valence-electron chi connectivity index (χ4n) is 4.99. The lowest BCUT2D eigenvalue weighted by molar-refractivity contribution is 0.0767. The van der Waals surface area contributed by atoms with E-state index in [1.165, 1.54) is 5.69 Å². The standard InChI is InChI=1S/C27H26N2O2/c30-25-23-13-7-8-14-24(23)26(31)27(25,21-9-3-1-4-10-21)15-16-28-17-19-29(20-18-28)22-11-5-2-6-12-22/h1-14H,15-20H2. The van der Waals surface area contributed by atoms with Crippen LogP contribution in [0, 0.1) is 0 Å². The second-order valence-corrected chi connectivity index (χ2v) is 8.39. The van der Waals surface area contributed by atoms with Crippen molar-refractivity contribution in [3.05, 3.63) is 102 Å². The maximum atomic E-state index is 13.6. The van der Waals surface area contributed by atoms with Gasteiger partial charge in [0.2, 0.25) is 0 Å². The van der Waals surface area contributed by atoms with Gasteiger partial charge in [0.05, 0.1) is 0 Å². The zero-order chi connectivity index (χ0) is 21.3. The van der Waals surface area contributed by atoms with Crippen molar-refractivity contribution >= 4 is 17.3 Å². The van der Waals surface area contributed by atoms with E-state index in [2.05, 4.69) is 34.1 Å². The van der Waals surface area contributed by atoms with Crippen LogP contribution in [0.5, 0.6) is 0 Å². The Hall–Kier alpha value is -3.24. The molecule has 3 aromatic carbocycles. The van der Waals surface area contributed by atoms with E-state index in [-0.39, 0.29) is 11.6 Å². The number of fused-ring (bicyclic) bond motifs is 1. The molecule has 0 unspecified atom stereocenters. The van der Waals surface area contributed by atoms with Gasteiger partial charge in [-0.15, -0.1) is 0 Å². The number of piperazine rings is 1. The Kier molecular flexibility index (Phi) is 5.16. The molecule has 1 saturated heterocycles. The second-order valence-electron chi connectivity index (χ2n) is 8.39. The summed E-state index contributed by atoms with van der Waals surface area (Å²) in [7, 11) is 0. The van der Waals surface area contributed by atoms with Crippen LogP contribution < -0.4 is 4.90 Å². The normalized spacial score (nSPS) is 18.3. The summed E-state index contributed by atoms with van der Waals surface area (Å²) in [4.78, 5) is 32.0. The van der Waals surface area contributed by atoms with Gasteiger partial charge in [-0.05, 0) is 24.1 Å². The number of hydrogen-bond donors (Lipinski definition) is 0. The van der Waals surface area contributed by atoms with Gasteiger partial charge >= 0.3 is 0 Å². The molecular formula is C27H26N2O2. The number of benzene rings is 3. The van der Waals surface area contributed by atoms with E-state index in [0.29, 0.717) is 17.5 Å². The van der Waals surface area contributed by atoms with Crippen LogP contribution in [-0.2, 0) is 5.41 Å². The number of anilines is 1. The van der Waals surface area contributed by atoms with Gasteiger partial charge in [0.1, 0.15) is 5.41 Å². The van der Waals surface area contributed by atoms with Crippen molar-refractivity contribution in [3.63, 3.8) is 0 Å². The highest BCUT2D eigenvalue weighted by Crippen LogP contribution is 2.42. The molecule has 1 fully saturated rings. The highest BCUT2D eigenvalue weighted by Gasteiger charge is 2.53. The summed E-state index contributed by atoms with van der Waals surface area (Å²) in [5, 5.41) is 0. The largest absolute Gasteiger partial charge is 0.369 e. The molecule has 0 saturated carbocycles. The molecule has 1 aliphatic heterocycles.